The Morgan fingerprint density at radius 3 is 2.38 bits per heavy atom. The van der Waals surface area contributed by atoms with Crippen LogP contribution in [-0.4, -0.2) is 58.1 Å². The van der Waals surface area contributed by atoms with Crippen LogP contribution in [0.4, 0.5) is 0 Å². The largest absolute Gasteiger partial charge is 0.493 e. The van der Waals surface area contributed by atoms with Crippen LogP contribution >= 0.6 is 0 Å². The lowest BCUT2D eigenvalue weighted by Crippen LogP contribution is -2.40. The summed E-state index contributed by atoms with van der Waals surface area (Å²) in [5, 5.41) is 0. The maximum Gasteiger partial charge on any atom is 0.265 e. The van der Waals surface area contributed by atoms with Crippen molar-refractivity contribution >= 4 is 10.1 Å². The normalized spacial score (nSPS) is 12.2. The van der Waals surface area contributed by atoms with Gasteiger partial charge < -0.3 is 14.0 Å². The first-order valence-corrected chi connectivity index (χ1v) is 8.26. The van der Waals surface area contributed by atoms with Gasteiger partial charge in [-0.25, -0.2) is 0 Å². The third kappa shape index (κ3) is 5.91. The van der Waals surface area contributed by atoms with E-state index in [-0.39, 0.29) is 5.75 Å². The zero-order chi connectivity index (χ0) is 16.1. The van der Waals surface area contributed by atoms with Crippen LogP contribution in [0.1, 0.15) is 12.0 Å². The molecule has 0 aromatic heterocycles. The zero-order valence-electron chi connectivity index (χ0n) is 13.0. The molecule has 0 aliphatic heterocycles. The van der Waals surface area contributed by atoms with Gasteiger partial charge in [0.2, 0.25) is 0 Å². The smallest absolute Gasteiger partial charge is 0.265 e. The summed E-state index contributed by atoms with van der Waals surface area (Å²) in [4.78, 5) is 0. The summed E-state index contributed by atoms with van der Waals surface area (Å²) in [7, 11) is 3.30. The van der Waals surface area contributed by atoms with Crippen molar-refractivity contribution in [2.24, 2.45) is 0 Å². The molecule has 1 aromatic carbocycles. The lowest BCUT2D eigenvalue weighted by Gasteiger charge is -2.30. The summed E-state index contributed by atoms with van der Waals surface area (Å²) in [6.07, 6.45) is 0.401. The SMILES string of the molecule is COc1cccc(C[N+](C)(C)CCCS(=O)(=O)O)c1OC. The minimum atomic E-state index is -3.90. The minimum Gasteiger partial charge on any atom is -0.493 e. The van der Waals surface area contributed by atoms with Gasteiger partial charge in [0.1, 0.15) is 6.54 Å². The van der Waals surface area contributed by atoms with Crippen LogP contribution in [0.3, 0.4) is 0 Å². The van der Waals surface area contributed by atoms with E-state index < -0.39 is 10.1 Å². The Bertz CT molecular complexity index is 569. The van der Waals surface area contributed by atoms with Crippen molar-refractivity contribution in [3.63, 3.8) is 0 Å². The van der Waals surface area contributed by atoms with Crippen LogP contribution in [0, 0.1) is 0 Å². The number of ether oxygens (including phenoxy) is 2. The molecule has 7 heteroatoms. The highest BCUT2D eigenvalue weighted by Crippen LogP contribution is 2.32. The molecule has 0 aliphatic rings. The van der Waals surface area contributed by atoms with Gasteiger partial charge in [-0.1, -0.05) is 6.07 Å². The van der Waals surface area contributed by atoms with E-state index in [4.69, 9.17) is 14.0 Å². The molecule has 0 spiro atoms. The van der Waals surface area contributed by atoms with Crippen molar-refractivity contribution in [1.82, 2.24) is 0 Å². The molecule has 0 amide bonds. The molecule has 0 saturated carbocycles. The van der Waals surface area contributed by atoms with E-state index in [1.807, 2.05) is 32.3 Å². The number of quaternary nitrogens is 1. The summed E-state index contributed by atoms with van der Waals surface area (Å²) in [6, 6.07) is 5.69. The van der Waals surface area contributed by atoms with Crippen molar-refractivity contribution in [3.05, 3.63) is 23.8 Å². The fraction of sp³-hybridized carbons (Fsp3) is 0.571. The molecule has 0 saturated heterocycles. The number of benzene rings is 1. The summed E-state index contributed by atoms with van der Waals surface area (Å²) in [6.45, 7) is 1.30. The van der Waals surface area contributed by atoms with E-state index in [2.05, 4.69) is 0 Å². The Morgan fingerprint density at radius 1 is 1.19 bits per heavy atom. The highest BCUT2D eigenvalue weighted by molar-refractivity contribution is 7.85. The van der Waals surface area contributed by atoms with Gasteiger partial charge in [-0.2, -0.15) is 8.42 Å². The summed E-state index contributed by atoms with van der Waals surface area (Å²) in [5.41, 5.74) is 0.994. The lowest BCUT2D eigenvalue weighted by atomic mass is 10.1. The zero-order valence-corrected chi connectivity index (χ0v) is 13.8. The molecule has 1 aromatic rings. The summed E-state index contributed by atoms with van der Waals surface area (Å²) < 4.78 is 41.6. The van der Waals surface area contributed by atoms with Gasteiger partial charge in [0.15, 0.2) is 11.5 Å². The molecule has 0 aliphatic carbocycles. The molecule has 21 heavy (non-hydrogen) atoms. The van der Waals surface area contributed by atoms with Gasteiger partial charge >= 0.3 is 0 Å². The number of hydrogen-bond donors (Lipinski definition) is 1. The minimum absolute atomic E-state index is 0.218. The Morgan fingerprint density at radius 2 is 1.86 bits per heavy atom. The fourth-order valence-corrected chi connectivity index (χ4v) is 2.79. The van der Waals surface area contributed by atoms with Gasteiger partial charge in [0, 0.05) is 6.42 Å². The second-order valence-corrected chi connectivity index (χ2v) is 7.18. The molecule has 0 radical (unpaired) electrons. The first kappa shape index (κ1) is 17.7. The maximum absolute atomic E-state index is 10.8. The van der Waals surface area contributed by atoms with Crippen LogP contribution in [0.25, 0.3) is 0 Å². The lowest BCUT2D eigenvalue weighted by molar-refractivity contribution is -0.903. The quantitative estimate of drug-likeness (QED) is 0.582. The Labute approximate surface area is 126 Å². The average Bonchev–Trinajstić information content (AvgIpc) is 2.35. The number of para-hydroxylation sites is 1. The predicted octanol–water partition coefficient (Wildman–Crippen LogP) is 1.56. The van der Waals surface area contributed by atoms with Gasteiger partial charge in [0.25, 0.3) is 10.1 Å². The number of methoxy groups -OCH3 is 2. The van der Waals surface area contributed by atoms with Crippen molar-refractivity contribution in [2.45, 2.75) is 13.0 Å². The van der Waals surface area contributed by atoms with Crippen molar-refractivity contribution in [2.75, 3.05) is 40.6 Å². The molecular weight excluding hydrogens is 294 g/mol. The Balaban J connectivity index is 2.79. The number of hydrogen-bond acceptors (Lipinski definition) is 4. The summed E-state index contributed by atoms with van der Waals surface area (Å²) in [5.74, 6) is 1.15. The average molecular weight is 318 g/mol. The van der Waals surface area contributed by atoms with Crippen LogP contribution in [0.2, 0.25) is 0 Å². The monoisotopic (exact) mass is 318 g/mol. The van der Waals surface area contributed by atoms with E-state index in [0.717, 1.165) is 5.56 Å². The number of nitrogens with zero attached hydrogens (tertiary/aromatic N) is 1. The standard InChI is InChI=1S/C14H23NO5S/c1-15(2,9-6-10-21(16,17)18)11-12-7-5-8-13(19-3)14(12)20-4/h5,7-8H,6,9-11H2,1-4H3/p+1. The topological polar surface area (TPSA) is 72.8 Å². The summed E-state index contributed by atoms with van der Waals surface area (Å²) >= 11 is 0. The molecule has 0 heterocycles. The second kappa shape index (κ2) is 7.11. The van der Waals surface area contributed by atoms with E-state index >= 15 is 0 Å². The number of rotatable bonds is 8. The first-order valence-electron chi connectivity index (χ1n) is 6.65. The van der Waals surface area contributed by atoms with Crippen LogP contribution in [0.5, 0.6) is 11.5 Å². The third-order valence-electron chi connectivity index (χ3n) is 3.25. The molecular formula is C14H24NO5S+. The van der Waals surface area contributed by atoms with Crippen LogP contribution in [0.15, 0.2) is 18.2 Å². The molecule has 1 N–H and O–H groups in total. The molecule has 0 atom stereocenters. The van der Waals surface area contributed by atoms with Gasteiger partial charge in [-0.15, -0.1) is 0 Å². The molecule has 0 bridgehead atoms. The maximum atomic E-state index is 10.8. The molecule has 1 rings (SSSR count). The van der Waals surface area contributed by atoms with Crippen LogP contribution < -0.4 is 9.47 Å². The van der Waals surface area contributed by atoms with Crippen LogP contribution in [-0.2, 0) is 16.7 Å². The molecule has 0 fully saturated rings. The van der Waals surface area contributed by atoms with Gasteiger partial charge in [0.05, 0.1) is 46.2 Å². The van der Waals surface area contributed by atoms with E-state index in [1.165, 1.54) is 0 Å². The van der Waals surface area contributed by atoms with E-state index in [0.29, 0.717) is 35.5 Å². The van der Waals surface area contributed by atoms with E-state index in [9.17, 15) is 8.42 Å². The molecule has 0 unspecified atom stereocenters. The fourth-order valence-electron chi connectivity index (χ4n) is 2.29. The van der Waals surface area contributed by atoms with Gasteiger partial charge in [-0.05, 0) is 12.1 Å². The highest BCUT2D eigenvalue weighted by Gasteiger charge is 2.21. The Kier molecular flexibility index (Phi) is 6.00. The van der Waals surface area contributed by atoms with Crippen molar-refractivity contribution in [1.29, 1.82) is 0 Å². The second-order valence-electron chi connectivity index (χ2n) is 5.61. The van der Waals surface area contributed by atoms with Gasteiger partial charge in [-0.3, -0.25) is 4.55 Å². The highest BCUT2D eigenvalue weighted by atomic mass is 32.2. The predicted molar refractivity (Wildman–Crippen MR) is 81.3 cm³/mol. The van der Waals surface area contributed by atoms with Crippen molar-refractivity contribution < 1.29 is 26.9 Å². The molecule has 6 nitrogen and oxygen atoms in total. The first-order chi connectivity index (χ1) is 9.68. The van der Waals surface area contributed by atoms with E-state index in [1.54, 1.807) is 14.2 Å². The van der Waals surface area contributed by atoms with Crippen molar-refractivity contribution in [3.8, 4) is 11.5 Å². The Hall–Kier alpha value is -1.31. The third-order valence-corrected chi connectivity index (χ3v) is 4.05. The molecule has 120 valence electrons.